The van der Waals surface area contributed by atoms with E-state index in [0.29, 0.717) is 18.6 Å². The van der Waals surface area contributed by atoms with Crippen molar-refractivity contribution in [3.63, 3.8) is 0 Å². The molecule has 0 aliphatic heterocycles. The van der Waals surface area contributed by atoms with Crippen LogP contribution in [0.5, 0.6) is 5.75 Å². The molecule has 1 aromatic rings. The summed E-state index contributed by atoms with van der Waals surface area (Å²) in [6.07, 6.45) is 1.39. The van der Waals surface area contributed by atoms with Gasteiger partial charge in [0.1, 0.15) is 5.75 Å². The lowest BCUT2D eigenvalue weighted by Gasteiger charge is -2.28. The zero-order valence-corrected chi connectivity index (χ0v) is 11.4. The number of carboxylic acid groups (broad SMARTS) is 1. The summed E-state index contributed by atoms with van der Waals surface area (Å²) >= 11 is 0. The fourth-order valence-corrected chi connectivity index (χ4v) is 2.10. The van der Waals surface area contributed by atoms with Crippen LogP contribution in [0.3, 0.4) is 0 Å². The first-order chi connectivity index (χ1) is 9.01. The summed E-state index contributed by atoms with van der Waals surface area (Å²) in [5.41, 5.74) is -0.516. The Balaban J connectivity index is 2.69. The molecule has 0 fully saturated rings. The number of aliphatic carboxylic acids is 1. The Kier molecular flexibility index (Phi) is 5.55. The van der Waals surface area contributed by atoms with Crippen LogP contribution in [0.15, 0.2) is 30.3 Å². The Bertz CT molecular complexity index is 421. The molecule has 19 heavy (non-hydrogen) atoms. The third-order valence-electron chi connectivity index (χ3n) is 3.52. The number of carbonyl (C=O) groups excluding carboxylic acids is 1. The molecule has 0 spiro atoms. The van der Waals surface area contributed by atoms with E-state index in [4.69, 9.17) is 9.84 Å². The van der Waals surface area contributed by atoms with Crippen molar-refractivity contribution in [2.45, 2.75) is 39.5 Å². The van der Waals surface area contributed by atoms with Crippen LogP contribution in [-0.4, -0.2) is 17.0 Å². The second-order valence-electron chi connectivity index (χ2n) is 4.74. The molecule has 0 radical (unpaired) electrons. The molecule has 0 aliphatic rings. The van der Waals surface area contributed by atoms with Crippen LogP contribution in [0.2, 0.25) is 0 Å². The van der Waals surface area contributed by atoms with Gasteiger partial charge in [-0.25, -0.2) is 0 Å². The van der Waals surface area contributed by atoms with Crippen molar-refractivity contribution in [3.05, 3.63) is 30.3 Å². The van der Waals surface area contributed by atoms with Gasteiger partial charge in [0.05, 0.1) is 12.8 Å². The van der Waals surface area contributed by atoms with Crippen LogP contribution in [-0.2, 0) is 9.59 Å². The highest BCUT2D eigenvalue weighted by Crippen LogP contribution is 2.35. The monoisotopic (exact) mass is 264 g/mol. The highest BCUT2D eigenvalue weighted by molar-refractivity contribution is 5.75. The molecule has 0 aromatic heterocycles. The quantitative estimate of drug-likeness (QED) is 0.606. The normalized spacial score (nSPS) is 11.1. The van der Waals surface area contributed by atoms with E-state index < -0.39 is 11.4 Å². The number of benzene rings is 1. The van der Waals surface area contributed by atoms with Gasteiger partial charge in [0.25, 0.3) is 0 Å². The minimum absolute atomic E-state index is 0.0100. The third-order valence-corrected chi connectivity index (χ3v) is 3.52. The van der Waals surface area contributed by atoms with Gasteiger partial charge in [0.2, 0.25) is 0 Å². The van der Waals surface area contributed by atoms with Crippen LogP contribution in [0.25, 0.3) is 0 Å². The molecule has 0 saturated carbocycles. The predicted octanol–water partition coefficient (Wildman–Crippen LogP) is 3.26. The molecule has 1 rings (SSSR count). The van der Waals surface area contributed by atoms with Gasteiger partial charge in [0.15, 0.2) is 0 Å². The van der Waals surface area contributed by atoms with E-state index in [9.17, 15) is 9.59 Å². The summed E-state index contributed by atoms with van der Waals surface area (Å²) in [6.45, 7) is 3.81. The first-order valence-corrected chi connectivity index (χ1v) is 6.49. The predicted molar refractivity (Wildman–Crippen MR) is 72.0 cm³/mol. The molecule has 0 bridgehead atoms. The van der Waals surface area contributed by atoms with Gasteiger partial charge in [-0.15, -0.1) is 0 Å². The highest BCUT2D eigenvalue weighted by atomic mass is 16.5. The van der Waals surface area contributed by atoms with Gasteiger partial charge in [-0.3, -0.25) is 9.59 Å². The molecule has 0 atom stereocenters. The smallest absolute Gasteiger partial charge is 0.311 e. The van der Waals surface area contributed by atoms with Crippen molar-refractivity contribution in [2.24, 2.45) is 5.41 Å². The number of ether oxygens (including phenoxy) is 1. The molecule has 0 amide bonds. The second-order valence-corrected chi connectivity index (χ2v) is 4.74. The van der Waals surface area contributed by atoms with Crippen LogP contribution < -0.4 is 4.74 Å². The van der Waals surface area contributed by atoms with Crippen molar-refractivity contribution >= 4 is 11.9 Å². The van der Waals surface area contributed by atoms with Crippen molar-refractivity contribution in [3.8, 4) is 5.75 Å². The number of rotatable bonds is 7. The number of hydrogen-bond donors (Lipinski definition) is 1. The van der Waals surface area contributed by atoms with E-state index in [1.807, 2.05) is 19.9 Å². The average Bonchev–Trinajstić information content (AvgIpc) is 2.38. The number of hydrogen-bond acceptors (Lipinski definition) is 3. The van der Waals surface area contributed by atoms with Crippen molar-refractivity contribution in [1.29, 1.82) is 0 Å². The van der Waals surface area contributed by atoms with E-state index in [1.165, 1.54) is 0 Å². The van der Waals surface area contributed by atoms with Crippen LogP contribution in [0, 0.1) is 5.41 Å². The van der Waals surface area contributed by atoms with Crippen molar-refractivity contribution in [1.82, 2.24) is 0 Å². The topological polar surface area (TPSA) is 63.6 Å². The number of carbonyl (C=O) groups is 2. The molecule has 1 N–H and O–H groups in total. The largest absolute Gasteiger partial charge is 0.481 e. The standard InChI is InChI=1S/C15H20O4/c1-3-15(4-2,10-13(16)17)11-14(18)19-12-8-6-5-7-9-12/h5-9H,3-4,10-11H2,1-2H3,(H,16,17). The van der Waals surface area contributed by atoms with Crippen LogP contribution in [0.1, 0.15) is 39.5 Å². The van der Waals surface area contributed by atoms with Gasteiger partial charge >= 0.3 is 11.9 Å². The molecule has 0 aliphatic carbocycles. The van der Waals surface area contributed by atoms with Gasteiger partial charge in [-0.1, -0.05) is 32.0 Å². The summed E-state index contributed by atoms with van der Waals surface area (Å²) in [4.78, 5) is 22.8. The van der Waals surface area contributed by atoms with Crippen LogP contribution in [0.4, 0.5) is 0 Å². The summed E-state index contributed by atoms with van der Waals surface area (Å²) < 4.78 is 5.22. The molecule has 104 valence electrons. The van der Waals surface area contributed by atoms with E-state index in [2.05, 4.69) is 0 Å². The Morgan fingerprint density at radius 3 is 2.16 bits per heavy atom. The molecular weight excluding hydrogens is 244 g/mol. The molecule has 4 nitrogen and oxygen atoms in total. The molecule has 1 aromatic carbocycles. The van der Waals surface area contributed by atoms with Gasteiger partial charge in [-0.05, 0) is 30.4 Å². The molecule has 0 unspecified atom stereocenters. The van der Waals surface area contributed by atoms with Crippen molar-refractivity contribution in [2.75, 3.05) is 0 Å². The molecule has 0 heterocycles. The third kappa shape index (κ3) is 4.73. The Morgan fingerprint density at radius 2 is 1.68 bits per heavy atom. The molecular formula is C15H20O4. The summed E-state index contributed by atoms with van der Waals surface area (Å²) in [6, 6.07) is 8.81. The van der Waals surface area contributed by atoms with Crippen LogP contribution >= 0.6 is 0 Å². The fourth-order valence-electron chi connectivity index (χ4n) is 2.10. The fraction of sp³-hybridized carbons (Fsp3) is 0.467. The summed E-state index contributed by atoms with van der Waals surface area (Å²) in [5.74, 6) is -0.767. The first-order valence-electron chi connectivity index (χ1n) is 6.49. The lowest BCUT2D eigenvalue weighted by Crippen LogP contribution is -2.28. The SMILES string of the molecule is CCC(CC)(CC(=O)O)CC(=O)Oc1ccccc1. The number of carboxylic acids is 1. The second kappa shape index (κ2) is 6.92. The van der Waals surface area contributed by atoms with Gasteiger partial charge in [0, 0.05) is 0 Å². The van der Waals surface area contributed by atoms with Crippen molar-refractivity contribution < 1.29 is 19.4 Å². The Hall–Kier alpha value is -1.84. The highest BCUT2D eigenvalue weighted by Gasteiger charge is 2.32. The Morgan fingerprint density at radius 1 is 1.11 bits per heavy atom. The van der Waals surface area contributed by atoms with Gasteiger partial charge < -0.3 is 9.84 Å². The lowest BCUT2D eigenvalue weighted by molar-refractivity contribution is -0.142. The Labute approximate surface area is 113 Å². The minimum atomic E-state index is -0.879. The zero-order chi connectivity index (χ0) is 14.3. The number of esters is 1. The summed E-state index contributed by atoms with van der Waals surface area (Å²) in [5, 5.41) is 8.96. The maximum atomic E-state index is 11.9. The lowest BCUT2D eigenvalue weighted by atomic mass is 9.76. The zero-order valence-electron chi connectivity index (χ0n) is 11.4. The van der Waals surface area contributed by atoms with E-state index >= 15 is 0 Å². The maximum Gasteiger partial charge on any atom is 0.311 e. The molecule has 4 heteroatoms. The van der Waals surface area contributed by atoms with E-state index in [1.54, 1.807) is 24.3 Å². The average molecular weight is 264 g/mol. The van der Waals surface area contributed by atoms with E-state index in [0.717, 1.165) is 0 Å². The minimum Gasteiger partial charge on any atom is -0.481 e. The first kappa shape index (κ1) is 15.2. The van der Waals surface area contributed by atoms with Gasteiger partial charge in [-0.2, -0.15) is 0 Å². The van der Waals surface area contributed by atoms with E-state index in [-0.39, 0.29) is 18.8 Å². The number of para-hydroxylation sites is 1. The summed E-state index contributed by atoms with van der Waals surface area (Å²) in [7, 11) is 0. The molecule has 0 saturated heterocycles. The maximum absolute atomic E-state index is 11.9.